The minimum atomic E-state index is -4.35. The summed E-state index contributed by atoms with van der Waals surface area (Å²) in [5.74, 6) is -0.0716. The van der Waals surface area contributed by atoms with Crippen LogP contribution in [0.4, 0.5) is 13.2 Å². The average Bonchev–Trinajstić information content (AvgIpc) is 2.86. The minimum absolute atomic E-state index is 0.0666. The quantitative estimate of drug-likeness (QED) is 0.926. The van der Waals surface area contributed by atoms with Crippen LogP contribution in [0.3, 0.4) is 0 Å². The lowest BCUT2D eigenvalue weighted by atomic mass is 10.1. The first-order chi connectivity index (χ1) is 9.41. The first kappa shape index (κ1) is 14.8. The number of amides is 1. The molecule has 0 unspecified atom stereocenters. The van der Waals surface area contributed by atoms with E-state index in [4.69, 9.17) is 5.73 Å². The van der Waals surface area contributed by atoms with Gasteiger partial charge in [0.2, 0.25) is 5.91 Å². The van der Waals surface area contributed by atoms with Crippen LogP contribution in [-0.4, -0.2) is 29.9 Å². The number of nitrogens with two attached hydrogens (primary N) is 1. The van der Waals surface area contributed by atoms with Crippen molar-refractivity contribution in [2.24, 2.45) is 5.73 Å². The standard InChI is InChI=1S/C14H17F3N2O/c15-14(16,17)11-5-3-10(4-6-11)8-13(20)19-7-1-2-12(19)9-18/h3-6,12H,1-2,7-9,18H2/t12-/m0/s1. The van der Waals surface area contributed by atoms with Crippen molar-refractivity contribution in [2.75, 3.05) is 13.1 Å². The normalized spacial score (nSPS) is 19.4. The highest BCUT2D eigenvalue weighted by Crippen LogP contribution is 2.29. The van der Waals surface area contributed by atoms with Gasteiger partial charge in [0.05, 0.1) is 12.0 Å². The number of rotatable bonds is 3. The Bertz CT molecular complexity index is 470. The third-order valence-corrected chi connectivity index (χ3v) is 3.61. The van der Waals surface area contributed by atoms with E-state index in [1.165, 1.54) is 12.1 Å². The number of carbonyl (C=O) groups is 1. The van der Waals surface area contributed by atoms with Crippen molar-refractivity contribution in [3.63, 3.8) is 0 Å². The average molecular weight is 286 g/mol. The summed E-state index contributed by atoms with van der Waals surface area (Å²) in [6, 6.07) is 4.79. The van der Waals surface area contributed by atoms with Crippen LogP contribution in [-0.2, 0) is 17.4 Å². The Morgan fingerprint density at radius 2 is 1.95 bits per heavy atom. The van der Waals surface area contributed by atoms with Crippen molar-refractivity contribution in [1.29, 1.82) is 0 Å². The van der Waals surface area contributed by atoms with Crippen molar-refractivity contribution in [1.82, 2.24) is 4.90 Å². The van der Waals surface area contributed by atoms with Crippen molar-refractivity contribution < 1.29 is 18.0 Å². The molecule has 0 bridgehead atoms. The summed E-state index contributed by atoms with van der Waals surface area (Å²) in [5.41, 5.74) is 5.49. The van der Waals surface area contributed by atoms with Gasteiger partial charge in [-0.15, -0.1) is 0 Å². The Morgan fingerprint density at radius 1 is 1.30 bits per heavy atom. The van der Waals surface area contributed by atoms with E-state index < -0.39 is 11.7 Å². The van der Waals surface area contributed by atoms with Gasteiger partial charge >= 0.3 is 6.18 Å². The Balaban J connectivity index is 2.01. The van der Waals surface area contributed by atoms with Crippen molar-refractivity contribution in [3.05, 3.63) is 35.4 Å². The summed E-state index contributed by atoms with van der Waals surface area (Å²) < 4.78 is 37.3. The Kier molecular flexibility index (Phi) is 4.32. The molecule has 0 spiro atoms. The van der Waals surface area contributed by atoms with E-state index in [0.717, 1.165) is 25.0 Å². The van der Waals surface area contributed by atoms with Crippen molar-refractivity contribution >= 4 is 5.91 Å². The lowest BCUT2D eigenvalue weighted by Crippen LogP contribution is -2.40. The van der Waals surface area contributed by atoms with Crippen molar-refractivity contribution in [3.8, 4) is 0 Å². The molecule has 1 amide bonds. The van der Waals surface area contributed by atoms with Gasteiger partial charge in [0.25, 0.3) is 0 Å². The molecule has 0 saturated carbocycles. The first-order valence-corrected chi connectivity index (χ1v) is 6.57. The van der Waals surface area contributed by atoms with Crippen LogP contribution >= 0.6 is 0 Å². The van der Waals surface area contributed by atoms with Gasteiger partial charge in [0.15, 0.2) is 0 Å². The molecule has 1 aliphatic heterocycles. The Labute approximate surface area is 115 Å². The maximum absolute atomic E-state index is 12.4. The van der Waals surface area contributed by atoms with Gasteiger partial charge in [-0.25, -0.2) is 0 Å². The molecule has 1 atom stereocenters. The summed E-state index contributed by atoms with van der Waals surface area (Å²) in [5, 5.41) is 0. The fourth-order valence-corrected chi connectivity index (χ4v) is 2.50. The second-order valence-corrected chi connectivity index (χ2v) is 4.99. The second kappa shape index (κ2) is 5.83. The third kappa shape index (κ3) is 3.30. The number of hydrogen-bond acceptors (Lipinski definition) is 2. The summed E-state index contributed by atoms with van der Waals surface area (Å²) in [7, 11) is 0. The SMILES string of the molecule is NC[C@@H]1CCCN1C(=O)Cc1ccc(C(F)(F)F)cc1. The number of halogens is 3. The molecule has 2 rings (SSSR count). The summed E-state index contributed by atoms with van der Waals surface area (Å²) in [6.07, 6.45) is -2.40. The maximum atomic E-state index is 12.4. The van der Waals surface area contributed by atoms with Crippen LogP contribution in [0, 0.1) is 0 Å². The van der Waals surface area contributed by atoms with Crippen LogP contribution in [0.15, 0.2) is 24.3 Å². The molecule has 1 aromatic rings. The minimum Gasteiger partial charge on any atom is -0.338 e. The van der Waals surface area contributed by atoms with Crippen LogP contribution in [0.25, 0.3) is 0 Å². The number of likely N-dealkylation sites (tertiary alicyclic amines) is 1. The summed E-state index contributed by atoms with van der Waals surface area (Å²) in [6.45, 7) is 1.11. The van der Waals surface area contributed by atoms with E-state index in [1.807, 2.05) is 0 Å². The smallest absolute Gasteiger partial charge is 0.338 e. The van der Waals surface area contributed by atoms with E-state index in [9.17, 15) is 18.0 Å². The van der Waals surface area contributed by atoms with E-state index in [-0.39, 0.29) is 18.4 Å². The highest BCUT2D eigenvalue weighted by atomic mass is 19.4. The van der Waals surface area contributed by atoms with E-state index in [1.54, 1.807) is 4.90 Å². The first-order valence-electron chi connectivity index (χ1n) is 6.57. The molecule has 1 aliphatic rings. The van der Waals surface area contributed by atoms with Gasteiger partial charge in [0.1, 0.15) is 0 Å². The molecule has 0 radical (unpaired) electrons. The van der Waals surface area contributed by atoms with E-state index >= 15 is 0 Å². The molecule has 2 N–H and O–H groups in total. The van der Waals surface area contributed by atoms with Gasteiger partial charge in [-0.05, 0) is 30.5 Å². The van der Waals surface area contributed by atoms with Crippen LogP contribution in [0.5, 0.6) is 0 Å². The summed E-state index contributed by atoms with van der Waals surface area (Å²) in [4.78, 5) is 13.8. The lowest BCUT2D eigenvalue weighted by molar-refractivity contribution is -0.137. The van der Waals surface area contributed by atoms with Crippen molar-refractivity contribution in [2.45, 2.75) is 31.5 Å². The molecule has 20 heavy (non-hydrogen) atoms. The van der Waals surface area contributed by atoms with Crippen LogP contribution < -0.4 is 5.73 Å². The number of alkyl halides is 3. The van der Waals surface area contributed by atoms with E-state index in [2.05, 4.69) is 0 Å². The molecular weight excluding hydrogens is 269 g/mol. The Hall–Kier alpha value is -1.56. The number of benzene rings is 1. The zero-order valence-electron chi connectivity index (χ0n) is 11.0. The molecule has 1 aromatic carbocycles. The van der Waals surface area contributed by atoms with Gasteiger partial charge in [-0.1, -0.05) is 12.1 Å². The predicted octanol–water partition coefficient (Wildman–Crippen LogP) is 2.20. The molecule has 3 nitrogen and oxygen atoms in total. The van der Waals surface area contributed by atoms with Gasteiger partial charge in [-0.2, -0.15) is 13.2 Å². The van der Waals surface area contributed by atoms with Crippen LogP contribution in [0.2, 0.25) is 0 Å². The van der Waals surface area contributed by atoms with Gasteiger partial charge in [-0.3, -0.25) is 4.79 Å². The number of hydrogen-bond donors (Lipinski definition) is 1. The van der Waals surface area contributed by atoms with Gasteiger partial charge in [0, 0.05) is 19.1 Å². The molecule has 1 saturated heterocycles. The Morgan fingerprint density at radius 3 is 2.50 bits per heavy atom. The zero-order chi connectivity index (χ0) is 14.8. The fourth-order valence-electron chi connectivity index (χ4n) is 2.50. The van der Waals surface area contributed by atoms with Crippen LogP contribution in [0.1, 0.15) is 24.0 Å². The molecule has 1 fully saturated rings. The molecule has 1 heterocycles. The number of nitrogens with zero attached hydrogens (tertiary/aromatic N) is 1. The second-order valence-electron chi connectivity index (χ2n) is 4.99. The third-order valence-electron chi connectivity index (χ3n) is 3.61. The molecule has 0 aromatic heterocycles. The fraction of sp³-hybridized carbons (Fsp3) is 0.500. The molecule has 110 valence electrons. The zero-order valence-corrected chi connectivity index (χ0v) is 11.0. The monoisotopic (exact) mass is 286 g/mol. The molecular formula is C14H17F3N2O. The highest BCUT2D eigenvalue weighted by molar-refractivity contribution is 5.79. The highest BCUT2D eigenvalue weighted by Gasteiger charge is 2.30. The predicted molar refractivity (Wildman–Crippen MR) is 68.9 cm³/mol. The van der Waals surface area contributed by atoms with E-state index in [0.29, 0.717) is 18.7 Å². The topological polar surface area (TPSA) is 46.3 Å². The number of carbonyl (C=O) groups excluding carboxylic acids is 1. The lowest BCUT2D eigenvalue weighted by Gasteiger charge is -2.23. The summed E-state index contributed by atoms with van der Waals surface area (Å²) >= 11 is 0. The van der Waals surface area contributed by atoms with Gasteiger partial charge < -0.3 is 10.6 Å². The molecule has 0 aliphatic carbocycles. The molecule has 6 heteroatoms. The maximum Gasteiger partial charge on any atom is 0.416 e. The largest absolute Gasteiger partial charge is 0.416 e.